The monoisotopic (exact) mass is 283 g/mol. The highest BCUT2D eigenvalue weighted by Gasteiger charge is 2.39. The van der Waals surface area contributed by atoms with Crippen LogP contribution in [0.15, 0.2) is 4.52 Å². The Morgan fingerprint density at radius 1 is 1.05 bits per heavy atom. The summed E-state index contributed by atoms with van der Waals surface area (Å²) in [5.41, 5.74) is 5.28. The SMILES string of the molecule is CCOC(CC)(CC)c1noc(C(CC)(CC)CN)n1. The Bertz CT molecular complexity index is 387. The Morgan fingerprint density at radius 3 is 2.05 bits per heavy atom. The van der Waals surface area contributed by atoms with Crippen LogP contribution in [0.3, 0.4) is 0 Å². The van der Waals surface area contributed by atoms with E-state index in [4.69, 9.17) is 15.0 Å². The lowest BCUT2D eigenvalue weighted by Crippen LogP contribution is -2.35. The molecule has 0 aromatic carbocycles. The zero-order valence-corrected chi connectivity index (χ0v) is 13.5. The Balaban J connectivity index is 3.18. The summed E-state index contributed by atoms with van der Waals surface area (Å²) in [5, 5.41) is 4.19. The van der Waals surface area contributed by atoms with E-state index in [0.29, 0.717) is 24.9 Å². The van der Waals surface area contributed by atoms with Crippen LogP contribution in [0.4, 0.5) is 0 Å². The predicted octanol–water partition coefficient (Wildman–Crippen LogP) is 3.14. The Labute approximate surface area is 122 Å². The second-order valence-electron chi connectivity index (χ2n) is 5.25. The molecule has 1 aromatic rings. The number of hydrogen-bond acceptors (Lipinski definition) is 5. The zero-order valence-electron chi connectivity index (χ0n) is 13.5. The average molecular weight is 283 g/mol. The van der Waals surface area contributed by atoms with Gasteiger partial charge in [0, 0.05) is 13.2 Å². The lowest BCUT2D eigenvalue weighted by Gasteiger charge is -2.28. The highest BCUT2D eigenvalue weighted by atomic mass is 16.5. The van der Waals surface area contributed by atoms with Gasteiger partial charge in [0.15, 0.2) is 0 Å². The van der Waals surface area contributed by atoms with Gasteiger partial charge in [-0.15, -0.1) is 0 Å². The first-order valence-electron chi connectivity index (χ1n) is 7.76. The zero-order chi connectivity index (χ0) is 15.2. The van der Waals surface area contributed by atoms with Crippen LogP contribution in [0, 0.1) is 0 Å². The molecule has 0 saturated carbocycles. The number of hydrogen-bond donors (Lipinski definition) is 1. The van der Waals surface area contributed by atoms with Crippen molar-refractivity contribution in [2.24, 2.45) is 5.73 Å². The molecule has 116 valence electrons. The van der Waals surface area contributed by atoms with E-state index in [1.54, 1.807) is 0 Å². The highest BCUT2D eigenvalue weighted by molar-refractivity contribution is 5.09. The minimum absolute atomic E-state index is 0.218. The van der Waals surface area contributed by atoms with Gasteiger partial charge in [0.05, 0.1) is 5.41 Å². The van der Waals surface area contributed by atoms with E-state index in [2.05, 4.69) is 37.8 Å². The van der Waals surface area contributed by atoms with Crippen LogP contribution >= 0.6 is 0 Å². The molecule has 0 atom stereocenters. The van der Waals surface area contributed by atoms with E-state index < -0.39 is 5.60 Å². The molecule has 0 aliphatic heterocycles. The fourth-order valence-corrected chi connectivity index (χ4v) is 2.66. The van der Waals surface area contributed by atoms with Crippen molar-refractivity contribution in [1.82, 2.24) is 10.1 Å². The Kier molecular flexibility index (Phi) is 6.14. The number of ether oxygens (including phenoxy) is 1. The van der Waals surface area contributed by atoms with E-state index >= 15 is 0 Å². The topological polar surface area (TPSA) is 74.2 Å². The molecular formula is C15H29N3O2. The molecule has 0 bridgehead atoms. The van der Waals surface area contributed by atoms with E-state index in [9.17, 15) is 0 Å². The number of rotatable bonds is 9. The fraction of sp³-hybridized carbons (Fsp3) is 0.867. The summed E-state index contributed by atoms with van der Waals surface area (Å²) >= 11 is 0. The molecule has 0 saturated heterocycles. The molecule has 1 rings (SSSR count). The molecule has 1 aromatic heterocycles. The minimum atomic E-state index is -0.446. The third-order valence-corrected chi connectivity index (χ3v) is 4.59. The van der Waals surface area contributed by atoms with Crippen molar-refractivity contribution in [2.75, 3.05) is 13.2 Å². The molecule has 0 aliphatic rings. The van der Waals surface area contributed by atoms with Crippen molar-refractivity contribution < 1.29 is 9.26 Å². The molecule has 0 fully saturated rings. The van der Waals surface area contributed by atoms with Crippen molar-refractivity contribution in [3.63, 3.8) is 0 Å². The third-order valence-electron chi connectivity index (χ3n) is 4.59. The Morgan fingerprint density at radius 2 is 1.65 bits per heavy atom. The van der Waals surface area contributed by atoms with E-state index in [0.717, 1.165) is 25.7 Å². The summed E-state index contributed by atoms with van der Waals surface area (Å²) < 4.78 is 11.5. The molecule has 1 heterocycles. The van der Waals surface area contributed by atoms with Crippen LogP contribution in [-0.4, -0.2) is 23.3 Å². The van der Waals surface area contributed by atoms with Gasteiger partial charge in [0.2, 0.25) is 11.7 Å². The maximum Gasteiger partial charge on any atom is 0.234 e. The van der Waals surface area contributed by atoms with Crippen molar-refractivity contribution in [2.45, 2.75) is 71.3 Å². The molecular weight excluding hydrogens is 254 g/mol. The van der Waals surface area contributed by atoms with E-state index in [1.165, 1.54) is 0 Å². The first-order valence-corrected chi connectivity index (χ1v) is 7.76. The summed E-state index contributed by atoms with van der Waals surface area (Å²) in [7, 11) is 0. The predicted molar refractivity (Wildman–Crippen MR) is 79.5 cm³/mol. The highest BCUT2D eigenvalue weighted by Crippen LogP contribution is 2.34. The number of nitrogens with two attached hydrogens (primary N) is 1. The van der Waals surface area contributed by atoms with Gasteiger partial charge in [-0.1, -0.05) is 32.9 Å². The molecule has 0 spiro atoms. The fourth-order valence-electron chi connectivity index (χ4n) is 2.66. The summed E-state index contributed by atoms with van der Waals surface area (Å²) in [6.45, 7) is 11.5. The van der Waals surface area contributed by atoms with Gasteiger partial charge in [0.25, 0.3) is 0 Å². The molecule has 20 heavy (non-hydrogen) atoms. The summed E-state index contributed by atoms with van der Waals surface area (Å²) in [6, 6.07) is 0. The molecule has 5 nitrogen and oxygen atoms in total. The normalized spacial score (nSPS) is 12.9. The quantitative estimate of drug-likeness (QED) is 0.753. The molecule has 5 heteroatoms. The maximum absolute atomic E-state index is 5.94. The summed E-state index contributed by atoms with van der Waals surface area (Å²) in [4.78, 5) is 4.65. The minimum Gasteiger partial charge on any atom is -0.367 e. The van der Waals surface area contributed by atoms with Crippen LogP contribution < -0.4 is 5.73 Å². The van der Waals surface area contributed by atoms with Crippen LogP contribution in [0.25, 0.3) is 0 Å². The molecule has 0 unspecified atom stereocenters. The van der Waals surface area contributed by atoms with Crippen molar-refractivity contribution in [3.8, 4) is 0 Å². The maximum atomic E-state index is 5.94. The lowest BCUT2D eigenvalue weighted by atomic mass is 9.82. The number of aromatic nitrogens is 2. The smallest absolute Gasteiger partial charge is 0.234 e. The van der Waals surface area contributed by atoms with Crippen LogP contribution in [0.1, 0.15) is 72.0 Å². The molecule has 0 aliphatic carbocycles. The van der Waals surface area contributed by atoms with Gasteiger partial charge >= 0.3 is 0 Å². The largest absolute Gasteiger partial charge is 0.367 e. The van der Waals surface area contributed by atoms with Gasteiger partial charge in [-0.05, 0) is 32.6 Å². The van der Waals surface area contributed by atoms with Gasteiger partial charge in [-0.2, -0.15) is 4.98 Å². The van der Waals surface area contributed by atoms with Crippen LogP contribution in [0.5, 0.6) is 0 Å². The van der Waals surface area contributed by atoms with Crippen LogP contribution in [-0.2, 0) is 15.8 Å². The van der Waals surface area contributed by atoms with Gasteiger partial charge in [-0.3, -0.25) is 0 Å². The van der Waals surface area contributed by atoms with Gasteiger partial charge < -0.3 is 15.0 Å². The first-order chi connectivity index (χ1) is 9.57. The van der Waals surface area contributed by atoms with Gasteiger partial charge in [-0.25, -0.2) is 0 Å². The number of nitrogens with zero attached hydrogens (tertiary/aromatic N) is 2. The molecule has 2 N–H and O–H groups in total. The third kappa shape index (κ3) is 2.88. The summed E-state index contributed by atoms with van der Waals surface area (Å²) in [5.74, 6) is 1.30. The van der Waals surface area contributed by atoms with Crippen molar-refractivity contribution in [3.05, 3.63) is 11.7 Å². The van der Waals surface area contributed by atoms with Gasteiger partial charge in [0.1, 0.15) is 5.60 Å². The standard InChI is InChI=1S/C15H29N3O2/c1-6-14(7-2,11-16)13-17-12(18-20-13)15(8-3,9-4)19-10-5/h6-11,16H2,1-5H3. The van der Waals surface area contributed by atoms with E-state index in [-0.39, 0.29) is 5.41 Å². The van der Waals surface area contributed by atoms with Crippen LogP contribution in [0.2, 0.25) is 0 Å². The lowest BCUT2D eigenvalue weighted by molar-refractivity contribution is -0.0583. The van der Waals surface area contributed by atoms with E-state index in [1.807, 2.05) is 6.92 Å². The second-order valence-corrected chi connectivity index (χ2v) is 5.25. The Hall–Kier alpha value is -0.940. The molecule has 0 radical (unpaired) electrons. The second kappa shape index (κ2) is 7.18. The summed E-state index contributed by atoms with van der Waals surface area (Å²) in [6.07, 6.45) is 3.43. The molecule has 0 amide bonds. The first kappa shape index (κ1) is 17.1. The van der Waals surface area contributed by atoms with Crippen molar-refractivity contribution in [1.29, 1.82) is 0 Å². The average Bonchev–Trinajstić information content (AvgIpc) is 2.98. The van der Waals surface area contributed by atoms with Crippen molar-refractivity contribution >= 4 is 0 Å².